The summed E-state index contributed by atoms with van der Waals surface area (Å²) in [6.07, 6.45) is 4.40. The molecule has 0 saturated carbocycles. The van der Waals surface area contributed by atoms with E-state index in [0.29, 0.717) is 18.2 Å². The molecule has 24 heavy (non-hydrogen) atoms. The normalized spacial score (nSPS) is 23.4. The third-order valence-electron chi connectivity index (χ3n) is 4.81. The Labute approximate surface area is 156 Å². The summed E-state index contributed by atoms with van der Waals surface area (Å²) in [4.78, 5) is 16.8. The zero-order chi connectivity index (χ0) is 15.5. The van der Waals surface area contributed by atoms with Crippen molar-refractivity contribution in [1.82, 2.24) is 15.1 Å². The van der Waals surface area contributed by atoms with Crippen LogP contribution >= 0.6 is 24.8 Å². The fourth-order valence-corrected chi connectivity index (χ4v) is 3.44. The maximum absolute atomic E-state index is 12.7. The molecular weight excluding hydrogens is 349 g/mol. The van der Waals surface area contributed by atoms with Crippen LogP contribution in [0.3, 0.4) is 0 Å². The van der Waals surface area contributed by atoms with Gasteiger partial charge in [0, 0.05) is 32.2 Å². The second kappa shape index (κ2) is 9.39. The SMILES string of the molecule is CC1CCN(C(=O)c2ccc(N3CCCC3)nn2)C(CN)C1.Cl.Cl. The molecule has 0 bridgehead atoms. The molecule has 3 rings (SSSR count). The van der Waals surface area contributed by atoms with Gasteiger partial charge in [0.25, 0.3) is 5.91 Å². The van der Waals surface area contributed by atoms with E-state index in [-0.39, 0.29) is 36.8 Å². The molecule has 2 aliphatic rings. The number of nitrogens with two attached hydrogens (primary N) is 1. The van der Waals surface area contributed by atoms with Crippen molar-refractivity contribution < 1.29 is 4.79 Å². The number of aromatic nitrogens is 2. The summed E-state index contributed by atoms with van der Waals surface area (Å²) in [5, 5.41) is 8.40. The summed E-state index contributed by atoms with van der Waals surface area (Å²) in [6, 6.07) is 3.83. The first-order valence-electron chi connectivity index (χ1n) is 8.28. The molecule has 6 nitrogen and oxygen atoms in total. The average Bonchev–Trinajstić information content (AvgIpc) is 3.08. The lowest BCUT2D eigenvalue weighted by atomic mass is 9.92. The van der Waals surface area contributed by atoms with E-state index in [1.807, 2.05) is 11.0 Å². The Hall–Kier alpha value is -1.11. The van der Waals surface area contributed by atoms with Crippen molar-refractivity contribution in [3.63, 3.8) is 0 Å². The second-order valence-electron chi connectivity index (χ2n) is 6.49. The largest absolute Gasteiger partial charge is 0.355 e. The van der Waals surface area contributed by atoms with Gasteiger partial charge in [-0.15, -0.1) is 35.0 Å². The van der Waals surface area contributed by atoms with Crippen molar-refractivity contribution in [3.8, 4) is 0 Å². The molecule has 2 fully saturated rings. The number of hydrogen-bond acceptors (Lipinski definition) is 5. The monoisotopic (exact) mass is 375 g/mol. The Morgan fingerprint density at radius 3 is 2.50 bits per heavy atom. The van der Waals surface area contributed by atoms with Gasteiger partial charge in [-0.05, 0) is 43.7 Å². The summed E-state index contributed by atoms with van der Waals surface area (Å²) in [5.74, 6) is 1.46. The van der Waals surface area contributed by atoms with Crippen molar-refractivity contribution in [3.05, 3.63) is 17.8 Å². The zero-order valence-corrected chi connectivity index (χ0v) is 15.7. The van der Waals surface area contributed by atoms with E-state index in [0.717, 1.165) is 38.3 Å². The van der Waals surface area contributed by atoms with Crippen LogP contribution in [0.4, 0.5) is 5.82 Å². The Kier molecular flexibility index (Phi) is 8.19. The molecule has 2 atom stereocenters. The van der Waals surface area contributed by atoms with E-state index in [9.17, 15) is 4.79 Å². The van der Waals surface area contributed by atoms with Gasteiger partial charge in [-0.3, -0.25) is 4.79 Å². The lowest BCUT2D eigenvalue weighted by molar-refractivity contribution is 0.0566. The summed E-state index contributed by atoms with van der Waals surface area (Å²) < 4.78 is 0. The molecule has 1 aromatic rings. The predicted molar refractivity (Wildman–Crippen MR) is 100 cm³/mol. The van der Waals surface area contributed by atoms with E-state index in [2.05, 4.69) is 22.0 Å². The first-order valence-corrected chi connectivity index (χ1v) is 8.28. The van der Waals surface area contributed by atoms with Crippen LogP contribution in [0.15, 0.2) is 12.1 Å². The van der Waals surface area contributed by atoms with E-state index >= 15 is 0 Å². The van der Waals surface area contributed by atoms with E-state index in [4.69, 9.17) is 5.73 Å². The molecule has 1 amide bonds. The number of rotatable bonds is 3. The fourth-order valence-electron chi connectivity index (χ4n) is 3.44. The summed E-state index contributed by atoms with van der Waals surface area (Å²) in [7, 11) is 0. The van der Waals surface area contributed by atoms with Gasteiger partial charge in [0.05, 0.1) is 0 Å². The van der Waals surface area contributed by atoms with Gasteiger partial charge in [-0.2, -0.15) is 0 Å². The van der Waals surface area contributed by atoms with Crippen molar-refractivity contribution in [2.45, 2.75) is 38.6 Å². The number of piperidine rings is 1. The van der Waals surface area contributed by atoms with Gasteiger partial charge in [0.2, 0.25) is 0 Å². The number of carbonyl (C=O) groups excluding carboxylic acids is 1. The van der Waals surface area contributed by atoms with Crippen LogP contribution in [0.2, 0.25) is 0 Å². The molecule has 0 aromatic carbocycles. The third kappa shape index (κ3) is 4.49. The van der Waals surface area contributed by atoms with Crippen LogP contribution < -0.4 is 10.6 Å². The second-order valence-corrected chi connectivity index (χ2v) is 6.49. The molecule has 2 unspecified atom stereocenters. The van der Waals surface area contributed by atoms with Crippen molar-refractivity contribution in [2.24, 2.45) is 11.7 Å². The topological polar surface area (TPSA) is 75.4 Å². The van der Waals surface area contributed by atoms with Crippen LogP contribution in [0.1, 0.15) is 43.1 Å². The lowest BCUT2D eigenvalue weighted by Gasteiger charge is -2.37. The van der Waals surface area contributed by atoms with Crippen LogP contribution in [0.5, 0.6) is 0 Å². The standard InChI is InChI=1S/C16H25N5O.2ClH/c1-12-6-9-21(13(10-12)11-17)16(22)14-4-5-15(19-18-14)20-7-2-3-8-20;;/h4-5,12-13H,2-3,6-11,17H2,1H3;2*1H. The van der Waals surface area contributed by atoms with Gasteiger partial charge in [0.1, 0.15) is 0 Å². The van der Waals surface area contributed by atoms with E-state index < -0.39 is 0 Å². The van der Waals surface area contributed by atoms with Gasteiger partial charge in [0.15, 0.2) is 11.5 Å². The molecule has 1 aromatic heterocycles. The highest BCUT2D eigenvalue weighted by Crippen LogP contribution is 2.23. The van der Waals surface area contributed by atoms with Gasteiger partial charge in [-0.25, -0.2) is 0 Å². The Bertz CT molecular complexity index is 522. The zero-order valence-electron chi connectivity index (χ0n) is 14.1. The van der Waals surface area contributed by atoms with Crippen LogP contribution in [-0.2, 0) is 0 Å². The predicted octanol–water partition coefficient (Wildman–Crippen LogP) is 2.12. The van der Waals surface area contributed by atoms with Gasteiger partial charge >= 0.3 is 0 Å². The van der Waals surface area contributed by atoms with Gasteiger partial charge in [-0.1, -0.05) is 6.92 Å². The molecule has 0 radical (unpaired) electrons. The highest BCUT2D eigenvalue weighted by atomic mass is 35.5. The van der Waals surface area contributed by atoms with Crippen molar-refractivity contribution in [1.29, 1.82) is 0 Å². The Balaban J connectivity index is 0.00000144. The fraction of sp³-hybridized carbons (Fsp3) is 0.688. The molecule has 136 valence electrons. The number of likely N-dealkylation sites (tertiary alicyclic amines) is 1. The minimum absolute atomic E-state index is 0. The smallest absolute Gasteiger partial charge is 0.274 e. The van der Waals surface area contributed by atoms with Gasteiger partial charge < -0.3 is 15.5 Å². The lowest BCUT2D eigenvalue weighted by Crippen LogP contribution is -2.49. The number of carbonyl (C=O) groups is 1. The molecular formula is C16H27Cl2N5O. The minimum Gasteiger partial charge on any atom is -0.355 e. The van der Waals surface area contributed by atoms with E-state index in [1.165, 1.54) is 12.8 Å². The maximum atomic E-state index is 12.7. The molecule has 2 N–H and O–H groups in total. The summed E-state index contributed by atoms with van der Waals surface area (Å²) >= 11 is 0. The number of hydrogen-bond donors (Lipinski definition) is 1. The average molecular weight is 376 g/mol. The molecule has 2 aliphatic heterocycles. The van der Waals surface area contributed by atoms with Crippen LogP contribution in [0, 0.1) is 5.92 Å². The number of nitrogens with zero attached hydrogens (tertiary/aromatic N) is 4. The first kappa shape index (κ1) is 20.9. The number of anilines is 1. The van der Waals surface area contributed by atoms with Crippen LogP contribution in [-0.4, -0.2) is 53.2 Å². The van der Waals surface area contributed by atoms with Crippen LogP contribution in [0.25, 0.3) is 0 Å². The Morgan fingerprint density at radius 1 is 1.21 bits per heavy atom. The molecule has 0 aliphatic carbocycles. The highest BCUT2D eigenvalue weighted by Gasteiger charge is 2.30. The van der Waals surface area contributed by atoms with Crippen molar-refractivity contribution >= 4 is 36.5 Å². The summed E-state index contributed by atoms with van der Waals surface area (Å²) in [5.41, 5.74) is 6.27. The quantitative estimate of drug-likeness (QED) is 0.875. The first-order chi connectivity index (χ1) is 10.7. The molecule has 3 heterocycles. The third-order valence-corrected chi connectivity index (χ3v) is 4.81. The molecule has 2 saturated heterocycles. The Morgan fingerprint density at radius 2 is 1.92 bits per heavy atom. The molecule has 0 spiro atoms. The molecule has 8 heteroatoms. The van der Waals surface area contributed by atoms with Crippen molar-refractivity contribution in [2.75, 3.05) is 31.1 Å². The highest BCUT2D eigenvalue weighted by molar-refractivity contribution is 5.92. The summed E-state index contributed by atoms with van der Waals surface area (Å²) in [6.45, 7) is 5.55. The number of halogens is 2. The maximum Gasteiger partial charge on any atom is 0.274 e. The minimum atomic E-state index is -0.0391. The van der Waals surface area contributed by atoms with E-state index in [1.54, 1.807) is 6.07 Å². The number of amides is 1.